The van der Waals surface area contributed by atoms with E-state index in [4.69, 9.17) is 4.52 Å². The summed E-state index contributed by atoms with van der Waals surface area (Å²) < 4.78 is 5.03. The molecule has 8 heteroatoms. The molecule has 1 saturated heterocycles. The van der Waals surface area contributed by atoms with E-state index in [0.29, 0.717) is 24.3 Å². The summed E-state index contributed by atoms with van der Waals surface area (Å²) >= 11 is 1.58. The number of aromatic nitrogens is 2. The molecule has 1 atom stereocenters. The third kappa shape index (κ3) is 4.33. The van der Waals surface area contributed by atoms with Crippen LogP contribution < -0.4 is 5.32 Å². The van der Waals surface area contributed by atoms with Gasteiger partial charge in [-0.15, -0.1) is 0 Å². The molecule has 0 bridgehead atoms. The first-order chi connectivity index (χ1) is 11.6. The quantitative estimate of drug-likeness (QED) is 0.918. The number of carbonyl (C=O) groups excluding carboxylic acids is 1. The van der Waals surface area contributed by atoms with Crippen LogP contribution in [-0.2, 0) is 6.54 Å². The highest BCUT2D eigenvalue weighted by Gasteiger charge is 2.24. The number of thiophene rings is 1. The van der Waals surface area contributed by atoms with Crippen molar-refractivity contribution >= 4 is 23.1 Å². The van der Waals surface area contributed by atoms with E-state index in [1.54, 1.807) is 18.3 Å². The lowest BCUT2D eigenvalue weighted by Crippen LogP contribution is -2.37. The molecule has 3 heterocycles. The van der Waals surface area contributed by atoms with E-state index in [2.05, 4.69) is 27.4 Å². The Morgan fingerprint density at radius 1 is 1.50 bits per heavy atom. The number of nitrogens with zero attached hydrogens (tertiary/aromatic N) is 4. The minimum Gasteiger partial charge on any atom is -0.340 e. The average molecular weight is 349 g/mol. The van der Waals surface area contributed by atoms with E-state index < -0.39 is 0 Å². The minimum atomic E-state index is -0.00880. The van der Waals surface area contributed by atoms with Crippen LogP contribution in [0.1, 0.15) is 31.0 Å². The molecule has 0 aromatic carbocycles. The monoisotopic (exact) mass is 349 g/mol. The van der Waals surface area contributed by atoms with Crippen LogP contribution in [0.2, 0.25) is 0 Å². The van der Waals surface area contributed by atoms with Gasteiger partial charge in [-0.25, -0.2) is 4.79 Å². The van der Waals surface area contributed by atoms with Crippen molar-refractivity contribution in [3.8, 4) is 0 Å². The lowest BCUT2D eigenvalue weighted by Gasteiger charge is -2.26. The fourth-order valence-electron chi connectivity index (χ4n) is 3.02. The third-order valence-electron chi connectivity index (χ3n) is 4.34. The lowest BCUT2D eigenvalue weighted by molar-refractivity contribution is 0.197. The second-order valence-corrected chi connectivity index (χ2v) is 6.94. The van der Waals surface area contributed by atoms with Crippen LogP contribution in [0.3, 0.4) is 0 Å². The predicted octanol–water partition coefficient (Wildman–Crippen LogP) is 2.96. The fraction of sp³-hybridized carbons (Fsp3) is 0.562. The molecule has 1 aliphatic rings. The number of nitrogens with one attached hydrogen (secondary N) is 1. The molecule has 2 amide bonds. The highest BCUT2D eigenvalue weighted by Crippen LogP contribution is 2.19. The number of rotatable bonds is 4. The van der Waals surface area contributed by atoms with Gasteiger partial charge < -0.3 is 14.7 Å². The molecule has 1 aliphatic heterocycles. The standard InChI is InChI=1S/C16H23N5O2S/c1-12-17-15(19-23-12)10-20(2)14-4-3-7-21(8-5-14)16(22)18-13-6-9-24-11-13/h6,9,11,14H,3-5,7-8,10H2,1-2H3,(H,18,22)/t14-/m0/s1. The first kappa shape index (κ1) is 16.9. The Bertz CT molecular complexity index is 657. The zero-order chi connectivity index (χ0) is 16.9. The number of hydrogen-bond donors (Lipinski definition) is 1. The van der Waals surface area contributed by atoms with Crippen LogP contribution >= 0.6 is 11.3 Å². The normalized spacial score (nSPS) is 18.6. The summed E-state index contributed by atoms with van der Waals surface area (Å²) in [5.41, 5.74) is 0.871. The van der Waals surface area contributed by atoms with Crippen molar-refractivity contribution in [1.82, 2.24) is 19.9 Å². The van der Waals surface area contributed by atoms with Gasteiger partial charge in [0.2, 0.25) is 5.89 Å². The molecular formula is C16H23N5O2S. The highest BCUT2D eigenvalue weighted by molar-refractivity contribution is 7.08. The zero-order valence-corrected chi connectivity index (χ0v) is 14.9. The van der Waals surface area contributed by atoms with E-state index in [-0.39, 0.29) is 6.03 Å². The number of anilines is 1. The first-order valence-corrected chi connectivity index (χ1v) is 9.13. The summed E-state index contributed by atoms with van der Waals surface area (Å²) in [6.45, 7) is 4.02. The van der Waals surface area contributed by atoms with E-state index in [1.807, 2.05) is 21.7 Å². The summed E-state index contributed by atoms with van der Waals surface area (Å²) in [5, 5.41) is 10.8. The summed E-state index contributed by atoms with van der Waals surface area (Å²) in [6, 6.07) is 2.33. The maximum absolute atomic E-state index is 12.4. The molecule has 0 aliphatic carbocycles. The predicted molar refractivity (Wildman–Crippen MR) is 93.1 cm³/mol. The van der Waals surface area contributed by atoms with E-state index in [1.165, 1.54) is 0 Å². The van der Waals surface area contributed by atoms with E-state index in [0.717, 1.165) is 38.0 Å². The number of urea groups is 1. The Hall–Kier alpha value is -1.93. The third-order valence-corrected chi connectivity index (χ3v) is 5.02. The van der Waals surface area contributed by atoms with Gasteiger partial charge in [0.05, 0.1) is 12.2 Å². The average Bonchev–Trinajstić information content (AvgIpc) is 3.12. The molecule has 3 rings (SSSR count). The Balaban J connectivity index is 1.51. The van der Waals surface area contributed by atoms with Gasteiger partial charge >= 0.3 is 6.03 Å². The number of aryl methyl sites for hydroxylation is 1. The van der Waals surface area contributed by atoms with Gasteiger partial charge in [0, 0.05) is 31.4 Å². The smallest absolute Gasteiger partial charge is 0.321 e. The molecule has 0 unspecified atom stereocenters. The van der Waals surface area contributed by atoms with Crippen LogP contribution in [0.4, 0.5) is 10.5 Å². The van der Waals surface area contributed by atoms with Crippen molar-refractivity contribution in [3.63, 3.8) is 0 Å². The topological polar surface area (TPSA) is 74.5 Å². The van der Waals surface area contributed by atoms with Gasteiger partial charge in [-0.2, -0.15) is 16.3 Å². The summed E-state index contributed by atoms with van der Waals surface area (Å²) in [5.74, 6) is 1.31. The Morgan fingerprint density at radius 3 is 3.08 bits per heavy atom. The van der Waals surface area contributed by atoms with Crippen LogP contribution in [0.5, 0.6) is 0 Å². The van der Waals surface area contributed by atoms with Gasteiger partial charge in [0.15, 0.2) is 5.82 Å². The zero-order valence-electron chi connectivity index (χ0n) is 14.1. The fourth-order valence-corrected chi connectivity index (χ4v) is 3.61. The molecule has 24 heavy (non-hydrogen) atoms. The number of carbonyl (C=O) groups is 1. The van der Waals surface area contributed by atoms with Crippen LogP contribution in [0.25, 0.3) is 0 Å². The Labute approximate surface area is 145 Å². The largest absolute Gasteiger partial charge is 0.340 e. The minimum absolute atomic E-state index is 0.00880. The number of likely N-dealkylation sites (tertiary alicyclic amines) is 1. The summed E-state index contributed by atoms with van der Waals surface area (Å²) in [6.07, 6.45) is 3.01. The van der Waals surface area contributed by atoms with E-state index >= 15 is 0 Å². The first-order valence-electron chi connectivity index (χ1n) is 8.19. The van der Waals surface area contributed by atoms with Gasteiger partial charge in [-0.1, -0.05) is 5.16 Å². The SMILES string of the molecule is Cc1nc(CN(C)[C@H]2CCCN(C(=O)Nc3ccsc3)CC2)no1. The maximum Gasteiger partial charge on any atom is 0.321 e. The lowest BCUT2D eigenvalue weighted by atomic mass is 10.1. The highest BCUT2D eigenvalue weighted by atomic mass is 32.1. The molecule has 0 radical (unpaired) electrons. The van der Waals surface area contributed by atoms with Gasteiger partial charge in [-0.05, 0) is 37.8 Å². The van der Waals surface area contributed by atoms with Crippen molar-refractivity contribution in [2.24, 2.45) is 0 Å². The molecule has 7 nitrogen and oxygen atoms in total. The summed E-state index contributed by atoms with van der Waals surface area (Å²) in [7, 11) is 2.08. The van der Waals surface area contributed by atoms with Gasteiger partial charge in [-0.3, -0.25) is 4.90 Å². The van der Waals surface area contributed by atoms with Gasteiger partial charge in [0.1, 0.15) is 0 Å². The molecule has 1 N–H and O–H groups in total. The molecule has 130 valence electrons. The molecular weight excluding hydrogens is 326 g/mol. The van der Waals surface area contributed by atoms with E-state index in [9.17, 15) is 4.79 Å². The van der Waals surface area contributed by atoms with Crippen molar-refractivity contribution in [3.05, 3.63) is 28.5 Å². The molecule has 0 saturated carbocycles. The van der Waals surface area contributed by atoms with Crippen molar-refractivity contribution in [2.75, 3.05) is 25.5 Å². The Kier molecular flexibility index (Phi) is 5.47. The number of hydrogen-bond acceptors (Lipinski definition) is 6. The molecule has 2 aromatic heterocycles. The van der Waals surface area contributed by atoms with Crippen LogP contribution in [0.15, 0.2) is 21.3 Å². The molecule has 0 spiro atoms. The second-order valence-electron chi connectivity index (χ2n) is 6.16. The molecule has 1 fully saturated rings. The van der Waals surface area contributed by atoms with Gasteiger partial charge in [0.25, 0.3) is 0 Å². The maximum atomic E-state index is 12.4. The van der Waals surface area contributed by atoms with Crippen LogP contribution in [-0.4, -0.2) is 52.2 Å². The van der Waals surface area contributed by atoms with Crippen LogP contribution in [0, 0.1) is 6.92 Å². The molecule has 2 aromatic rings. The number of amides is 2. The van der Waals surface area contributed by atoms with Crippen molar-refractivity contribution in [2.45, 2.75) is 38.8 Å². The van der Waals surface area contributed by atoms with Crippen molar-refractivity contribution in [1.29, 1.82) is 0 Å². The Morgan fingerprint density at radius 2 is 2.38 bits per heavy atom. The summed E-state index contributed by atoms with van der Waals surface area (Å²) in [4.78, 5) is 20.8. The van der Waals surface area contributed by atoms with Crippen molar-refractivity contribution < 1.29 is 9.32 Å². The second kappa shape index (κ2) is 7.76.